The lowest BCUT2D eigenvalue weighted by Crippen LogP contribution is -2.52. The number of nitrogens with two attached hydrogens (primary N) is 2. The summed E-state index contributed by atoms with van der Waals surface area (Å²) in [5.74, 6) is 0. The Morgan fingerprint density at radius 2 is 1.15 bits per heavy atom. The lowest BCUT2D eigenvalue weighted by molar-refractivity contribution is 0.0478. The first-order chi connectivity index (χ1) is 11.4. The molecule has 0 amide bonds. The van der Waals surface area contributed by atoms with Crippen molar-refractivity contribution >= 4 is 0 Å². The van der Waals surface area contributed by atoms with E-state index in [0.29, 0.717) is 0 Å². The predicted octanol–water partition coefficient (Wildman–Crippen LogP) is 2.99. The fourth-order valence-corrected chi connectivity index (χ4v) is 2.57. The molecule has 0 atom stereocenters. The van der Waals surface area contributed by atoms with E-state index in [1.54, 1.807) is 0 Å². The lowest BCUT2D eigenvalue weighted by Gasteiger charge is -2.41. The maximum Gasteiger partial charge on any atom is 0.0511 e. The van der Waals surface area contributed by atoms with Crippen LogP contribution in [-0.4, -0.2) is 64.8 Å². The molecule has 0 spiro atoms. The molecular weight excluding hydrogens is 322 g/mol. The van der Waals surface area contributed by atoms with E-state index in [-0.39, 0.29) is 22.2 Å². The van der Waals surface area contributed by atoms with Crippen LogP contribution in [0.25, 0.3) is 0 Å². The van der Waals surface area contributed by atoms with Crippen molar-refractivity contribution in [3.63, 3.8) is 0 Å². The molecule has 0 radical (unpaired) electrons. The SMILES string of the molecule is CC(C)(N)CCN(CCNC(C)(C)C)CN(CCC(C)(C)N)C(C)(C)C. The molecule has 158 valence electrons. The van der Waals surface area contributed by atoms with Crippen LogP contribution in [0.15, 0.2) is 0 Å². The van der Waals surface area contributed by atoms with Crippen LogP contribution < -0.4 is 16.8 Å². The van der Waals surface area contributed by atoms with Crippen molar-refractivity contribution in [2.75, 3.05) is 32.8 Å². The van der Waals surface area contributed by atoms with Crippen LogP contribution >= 0.6 is 0 Å². The average molecular weight is 372 g/mol. The molecule has 0 fully saturated rings. The smallest absolute Gasteiger partial charge is 0.0511 e. The van der Waals surface area contributed by atoms with E-state index in [1.165, 1.54) is 0 Å². The van der Waals surface area contributed by atoms with E-state index in [1.807, 2.05) is 0 Å². The molecule has 5 N–H and O–H groups in total. The van der Waals surface area contributed by atoms with Crippen molar-refractivity contribution in [2.45, 2.75) is 104 Å². The molecular formula is C21H49N5. The number of nitrogens with zero attached hydrogens (tertiary/aromatic N) is 2. The Labute approximate surface area is 164 Å². The molecule has 0 bridgehead atoms. The van der Waals surface area contributed by atoms with Gasteiger partial charge in [-0.1, -0.05) is 0 Å². The molecule has 0 unspecified atom stereocenters. The van der Waals surface area contributed by atoms with Gasteiger partial charge in [0.25, 0.3) is 0 Å². The molecule has 0 aliphatic heterocycles. The summed E-state index contributed by atoms with van der Waals surface area (Å²) in [6.07, 6.45) is 1.98. The van der Waals surface area contributed by atoms with E-state index in [4.69, 9.17) is 11.5 Å². The molecule has 5 nitrogen and oxygen atoms in total. The average Bonchev–Trinajstić information content (AvgIpc) is 2.34. The first-order valence-corrected chi connectivity index (χ1v) is 10.2. The zero-order chi connectivity index (χ0) is 20.8. The van der Waals surface area contributed by atoms with Gasteiger partial charge >= 0.3 is 0 Å². The molecule has 0 aliphatic rings. The van der Waals surface area contributed by atoms with Gasteiger partial charge in [0, 0.05) is 48.3 Å². The Morgan fingerprint density at radius 3 is 1.54 bits per heavy atom. The summed E-state index contributed by atoms with van der Waals surface area (Å²) in [6, 6.07) is 0. The lowest BCUT2D eigenvalue weighted by atomic mass is 9.99. The van der Waals surface area contributed by atoms with Crippen molar-refractivity contribution in [1.82, 2.24) is 15.1 Å². The first kappa shape index (κ1) is 25.8. The van der Waals surface area contributed by atoms with Crippen LogP contribution in [-0.2, 0) is 0 Å². The maximum absolute atomic E-state index is 6.24. The van der Waals surface area contributed by atoms with E-state index in [2.05, 4.69) is 84.4 Å². The number of hydrogen-bond donors (Lipinski definition) is 3. The molecule has 0 aromatic carbocycles. The molecule has 0 rings (SSSR count). The van der Waals surface area contributed by atoms with Gasteiger partial charge in [0.1, 0.15) is 0 Å². The van der Waals surface area contributed by atoms with Gasteiger partial charge < -0.3 is 16.8 Å². The van der Waals surface area contributed by atoms with E-state index < -0.39 is 0 Å². The van der Waals surface area contributed by atoms with Gasteiger partial charge in [0.2, 0.25) is 0 Å². The topological polar surface area (TPSA) is 70.5 Å². The zero-order valence-electron chi connectivity index (χ0n) is 19.5. The summed E-state index contributed by atoms with van der Waals surface area (Å²) in [4.78, 5) is 5.07. The molecule has 0 aromatic rings. The number of rotatable bonds is 11. The Kier molecular flexibility index (Phi) is 9.76. The van der Waals surface area contributed by atoms with Gasteiger partial charge in [-0.2, -0.15) is 0 Å². The quantitative estimate of drug-likeness (QED) is 0.487. The minimum Gasteiger partial charge on any atom is -0.326 e. The van der Waals surface area contributed by atoms with Crippen LogP contribution in [0.5, 0.6) is 0 Å². The van der Waals surface area contributed by atoms with E-state index in [0.717, 1.165) is 45.7 Å². The van der Waals surface area contributed by atoms with Gasteiger partial charge in [-0.3, -0.25) is 9.80 Å². The third-order valence-electron chi connectivity index (χ3n) is 4.50. The van der Waals surface area contributed by atoms with Crippen LogP contribution in [0.4, 0.5) is 0 Å². The van der Waals surface area contributed by atoms with Gasteiger partial charge in [-0.05, 0) is 82.1 Å². The Hall–Kier alpha value is -0.200. The second kappa shape index (κ2) is 9.83. The highest BCUT2D eigenvalue weighted by Gasteiger charge is 2.26. The molecule has 26 heavy (non-hydrogen) atoms. The van der Waals surface area contributed by atoms with Crippen LogP contribution in [0, 0.1) is 0 Å². The summed E-state index contributed by atoms with van der Waals surface area (Å²) in [6.45, 7) is 26.9. The number of hydrogen-bond acceptors (Lipinski definition) is 5. The van der Waals surface area contributed by atoms with Crippen LogP contribution in [0.3, 0.4) is 0 Å². The standard InChI is InChI=1S/C21H49N5/c1-18(2,3)24-13-16-25(14-11-20(7,8)22)17-26(19(4,5)6)15-12-21(9,10)23/h24H,11-17,22-23H2,1-10H3. The molecule has 0 aromatic heterocycles. The third-order valence-corrected chi connectivity index (χ3v) is 4.50. The second-order valence-electron chi connectivity index (χ2n) is 11.3. The molecule has 0 saturated carbocycles. The Bertz CT molecular complexity index is 379. The third kappa shape index (κ3) is 14.9. The summed E-state index contributed by atoms with van der Waals surface area (Å²) in [5, 5.41) is 3.61. The van der Waals surface area contributed by atoms with Crippen molar-refractivity contribution in [3.05, 3.63) is 0 Å². The van der Waals surface area contributed by atoms with Crippen molar-refractivity contribution in [2.24, 2.45) is 11.5 Å². The normalized spacial score (nSPS) is 14.5. The highest BCUT2D eigenvalue weighted by Crippen LogP contribution is 2.18. The molecule has 0 heterocycles. The minimum absolute atomic E-state index is 0.110. The Balaban J connectivity index is 4.97. The van der Waals surface area contributed by atoms with Gasteiger partial charge in [-0.25, -0.2) is 0 Å². The summed E-state index contributed by atoms with van der Waals surface area (Å²) in [7, 11) is 0. The molecule has 0 aliphatic carbocycles. The molecule has 5 heteroatoms. The van der Waals surface area contributed by atoms with Gasteiger partial charge in [0.05, 0.1) is 6.67 Å². The van der Waals surface area contributed by atoms with Crippen molar-refractivity contribution in [3.8, 4) is 0 Å². The summed E-state index contributed by atoms with van der Waals surface area (Å²) in [5.41, 5.74) is 12.5. The highest BCUT2D eigenvalue weighted by molar-refractivity contribution is 4.82. The maximum atomic E-state index is 6.24. The fraction of sp³-hybridized carbons (Fsp3) is 1.00. The van der Waals surface area contributed by atoms with Crippen LogP contribution in [0.2, 0.25) is 0 Å². The van der Waals surface area contributed by atoms with Crippen molar-refractivity contribution in [1.29, 1.82) is 0 Å². The highest BCUT2D eigenvalue weighted by atomic mass is 15.3. The zero-order valence-corrected chi connectivity index (χ0v) is 19.5. The van der Waals surface area contributed by atoms with Gasteiger partial charge in [0.15, 0.2) is 0 Å². The summed E-state index contributed by atoms with van der Waals surface area (Å²) >= 11 is 0. The van der Waals surface area contributed by atoms with Gasteiger partial charge in [-0.15, -0.1) is 0 Å². The van der Waals surface area contributed by atoms with Crippen LogP contribution in [0.1, 0.15) is 82.1 Å². The fourth-order valence-electron chi connectivity index (χ4n) is 2.57. The largest absolute Gasteiger partial charge is 0.326 e. The monoisotopic (exact) mass is 371 g/mol. The first-order valence-electron chi connectivity index (χ1n) is 10.2. The number of nitrogens with one attached hydrogen (secondary N) is 1. The van der Waals surface area contributed by atoms with Crippen molar-refractivity contribution < 1.29 is 0 Å². The predicted molar refractivity (Wildman–Crippen MR) is 116 cm³/mol. The Morgan fingerprint density at radius 1 is 0.692 bits per heavy atom. The molecule has 0 saturated heterocycles. The minimum atomic E-state index is -0.138. The van der Waals surface area contributed by atoms with E-state index >= 15 is 0 Å². The summed E-state index contributed by atoms with van der Waals surface area (Å²) < 4.78 is 0. The second-order valence-corrected chi connectivity index (χ2v) is 11.3. The van der Waals surface area contributed by atoms with E-state index in [9.17, 15) is 0 Å².